The third-order valence-corrected chi connectivity index (χ3v) is 4.68. The molecule has 0 amide bonds. The van der Waals surface area contributed by atoms with Crippen molar-refractivity contribution in [3.8, 4) is 0 Å². The van der Waals surface area contributed by atoms with Crippen molar-refractivity contribution in [3.63, 3.8) is 0 Å². The zero-order chi connectivity index (χ0) is 14.9. The average Bonchev–Trinajstić information content (AvgIpc) is 2.37. The molecule has 1 aliphatic carbocycles. The van der Waals surface area contributed by atoms with Gasteiger partial charge >= 0.3 is 0 Å². The van der Waals surface area contributed by atoms with Crippen LogP contribution in [0.15, 0.2) is 18.2 Å². The molecule has 0 saturated heterocycles. The first kappa shape index (κ1) is 15.4. The molecule has 0 heterocycles. The van der Waals surface area contributed by atoms with Gasteiger partial charge in [-0.15, -0.1) is 0 Å². The van der Waals surface area contributed by atoms with Gasteiger partial charge in [0.2, 0.25) is 0 Å². The van der Waals surface area contributed by atoms with E-state index in [2.05, 4.69) is 6.92 Å². The fourth-order valence-electron chi connectivity index (χ4n) is 3.50. The van der Waals surface area contributed by atoms with Crippen molar-refractivity contribution in [2.24, 2.45) is 5.92 Å². The smallest absolute Gasteiger partial charge is 0.132 e. The number of aliphatic hydroxyl groups excluding tert-OH is 1. The van der Waals surface area contributed by atoms with Crippen LogP contribution in [0.4, 0.5) is 8.78 Å². The number of hydrogen-bond donors (Lipinski definition) is 1. The number of aliphatic hydroxyl groups is 1. The van der Waals surface area contributed by atoms with E-state index in [0.29, 0.717) is 5.92 Å². The Labute approximate surface area is 119 Å². The zero-order valence-corrected chi connectivity index (χ0v) is 12.4. The lowest BCUT2D eigenvalue weighted by molar-refractivity contribution is -0.0482. The lowest BCUT2D eigenvalue weighted by Gasteiger charge is -2.48. The molecular weight excluding hydrogens is 260 g/mol. The molecule has 2 rings (SSSR count). The second-order valence-electron chi connectivity index (χ2n) is 6.24. The Morgan fingerprint density at radius 1 is 1.30 bits per heavy atom. The summed E-state index contributed by atoms with van der Waals surface area (Å²) in [6.45, 7) is 2.13. The minimum atomic E-state index is -1.15. The van der Waals surface area contributed by atoms with Crippen LogP contribution in [0, 0.1) is 17.6 Å². The Morgan fingerprint density at radius 2 is 1.90 bits per heavy atom. The first-order valence-electron chi connectivity index (χ1n) is 7.18. The van der Waals surface area contributed by atoms with Crippen LogP contribution in [0.5, 0.6) is 0 Å². The molecule has 1 aliphatic rings. The highest BCUT2D eigenvalue weighted by Crippen LogP contribution is 2.45. The van der Waals surface area contributed by atoms with Gasteiger partial charge in [-0.05, 0) is 45.0 Å². The Morgan fingerprint density at radius 3 is 2.40 bits per heavy atom. The van der Waals surface area contributed by atoms with Crippen LogP contribution in [0.1, 0.15) is 44.3 Å². The van der Waals surface area contributed by atoms with E-state index < -0.39 is 23.3 Å². The fourth-order valence-corrected chi connectivity index (χ4v) is 3.50. The van der Waals surface area contributed by atoms with Gasteiger partial charge in [0.25, 0.3) is 0 Å². The summed E-state index contributed by atoms with van der Waals surface area (Å²) in [5, 5.41) is 10.7. The molecule has 1 fully saturated rings. The summed E-state index contributed by atoms with van der Waals surface area (Å²) < 4.78 is 27.9. The van der Waals surface area contributed by atoms with Crippen molar-refractivity contribution in [2.45, 2.75) is 44.2 Å². The molecule has 4 heteroatoms. The van der Waals surface area contributed by atoms with Crippen LogP contribution in [0.25, 0.3) is 0 Å². The highest BCUT2D eigenvalue weighted by molar-refractivity contribution is 5.26. The molecule has 0 radical (unpaired) electrons. The van der Waals surface area contributed by atoms with Gasteiger partial charge in [-0.3, -0.25) is 0 Å². The lowest BCUT2D eigenvalue weighted by atomic mass is 9.70. The normalized spacial score (nSPS) is 28.6. The van der Waals surface area contributed by atoms with E-state index in [1.165, 1.54) is 18.2 Å². The molecule has 1 saturated carbocycles. The number of hydrogen-bond acceptors (Lipinski definition) is 2. The van der Waals surface area contributed by atoms with E-state index in [9.17, 15) is 13.9 Å². The molecule has 0 aromatic heterocycles. The first-order valence-corrected chi connectivity index (χ1v) is 7.18. The van der Waals surface area contributed by atoms with Gasteiger partial charge in [-0.2, -0.15) is 0 Å². The van der Waals surface area contributed by atoms with Gasteiger partial charge in [-0.25, -0.2) is 8.78 Å². The molecule has 0 bridgehead atoms. The van der Waals surface area contributed by atoms with E-state index in [4.69, 9.17) is 0 Å². The Hall–Kier alpha value is -1.00. The molecule has 0 spiro atoms. The second kappa shape index (κ2) is 5.78. The quantitative estimate of drug-likeness (QED) is 0.917. The predicted molar refractivity (Wildman–Crippen MR) is 75.4 cm³/mol. The maximum atomic E-state index is 14.0. The summed E-state index contributed by atoms with van der Waals surface area (Å²) in [6, 6.07) is 3.74. The van der Waals surface area contributed by atoms with E-state index >= 15 is 0 Å². The monoisotopic (exact) mass is 283 g/mol. The van der Waals surface area contributed by atoms with Crippen LogP contribution < -0.4 is 0 Å². The van der Waals surface area contributed by atoms with Crippen LogP contribution in [0.2, 0.25) is 0 Å². The summed E-state index contributed by atoms with van der Waals surface area (Å²) in [7, 11) is 3.75. The predicted octanol–water partition coefficient (Wildman–Crippen LogP) is 3.51. The fraction of sp³-hybridized carbons (Fsp3) is 0.625. The van der Waals surface area contributed by atoms with E-state index in [1.54, 1.807) is 0 Å². The molecule has 2 nitrogen and oxygen atoms in total. The summed E-state index contributed by atoms with van der Waals surface area (Å²) >= 11 is 0. The molecule has 3 atom stereocenters. The van der Waals surface area contributed by atoms with Crippen molar-refractivity contribution in [3.05, 3.63) is 35.4 Å². The second-order valence-corrected chi connectivity index (χ2v) is 6.24. The number of nitrogens with zero attached hydrogens (tertiary/aromatic N) is 1. The molecular formula is C16H23F2NO. The lowest BCUT2D eigenvalue weighted by Crippen LogP contribution is -2.52. The van der Waals surface area contributed by atoms with Crippen molar-refractivity contribution in [1.82, 2.24) is 4.90 Å². The largest absolute Gasteiger partial charge is 0.386 e. The summed E-state index contributed by atoms with van der Waals surface area (Å²) in [6.07, 6.45) is 2.41. The van der Waals surface area contributed by atoms with Crippen molar-refractivity contribution >= 4 is 0 Å². The van der Waals surface area contributed by atoms with E-state index in [-0.39, 0.29) is 5.56 Å². The summed E-state index contributed by atoms with van der Waals surface area (Å²) in [5.74, 6) is -0.899. The van der Waals surface area contributed by atoms with Crippen LogP contribution >= 0.6 is 0 Å². The average molecular weight is 283 g/mol. The Kier molecular flexibility index (Phi) is 4.45. The number of benzene rings is 1. The SMILES string of the molecule is CC1CCCC(C(O)c2c(F)cccc2F)(N(C)C)C1. The Bertz CT molecular complexity index is 457. The maximum absolute atomic E-state index is 14.0. The van der Waals surface area contributed by atoms with Gasteiger partial charge in [0.1, 0.15) is 17.7 Å². The molecule has 112 valence electrons. The summed E-state index contributed by atoms with van der Waals surface area (Å²) in [4.78, 5) is 1.93. The van der Waals surface area contributed by atoms with Gasteiger partial charge in [0.05, 0.1) is 11.1 Å². The number of halogens is 2. The maximum Gasteiger partial charge on any atom is 0.132 e. The highest BCUT2D eigenvalue weighted by atomic mass is 19.1. The van der Waals surface area contributed by atoms with Crippen molar-refractivity contribution in [1.29, 1.82) is 0 Å². The molecule has 1 aromatic carbocycles. The zero-order valence-electron chi connectivity index (χ0n) is 12.4. The van der Waals surface area contributed by atoms with Crippen LogP contribution in [0.3, 0.4) is 0 Å². The highest BCUT2D eigenvalue weighted by Gasteiger charge is 2.45. The van der Waals surface area contributed by atoms with Crippen LogP contribution in [-0.4, -0.2) is 29.6 Å². The minimum absolute atomic E-state index is 0.199. The molecule has 0 aliphatic heterocycles. The van der Waals surface area contributed by atoms with Crippen LogP contribution in [-0.2, 0) is 0 Å². The number of rotatable bonds is 3. The van der Waals surface area contributed by atoms with Gasteiger partial charge in [-0.1, -0.05) is 25.8 Å². The molecule has 20 heavy (non-hydrogen) atoms. The van der Waals surface area contributed by atoms with E-state index in [1.807, 2.05) is 19.0 Å². The Balaban J connectivity index is 2.44. The minimum Gasteiger partial charge on any atom is -0.386 e. The van der Waals surface area contributed by atoms with Crippen molar-refractivity contribution < 1.29 is 13.9 Å². The van der Waals surface area contributed by atoms with Gasteiger partial charge in [0, 0.05) is 0 Å². The van der Waals surface area contributed by atoms with E-state index in [0.717, 1.165) is 25.7 Å². The van der Waals surface area contributed by atoms with Crippen molar-refractivity contribution in [2.75, 3.05) is 14.1 Å². The molecule has 1 N–H and O–H groups in total. The topological polar surface area (TPSA) is 23.5 Å². The van der Waals surface area contributed by atoms with Gasteiger partial charge in [0.15, 0.2) is 0 Å². The summed E-state index contributed by atoms with van der Waals surface area (Å²) in [5.41, 5.74) is -0.795. The molecule has 3 unspecified atom stereocenters. The first-order chi connectivity index (χ1) is 9.38. The third-order valence-electron chi connectivity index (χ3n) is 4.68. The molecule has 1 aromatic rings. The van der Waals surface area contributed by atoms with Gasteiger partial charge < -0.3 is 10.0 Å². The standard InChI is InChI=1S/C16H23F2NO/c1-11-6-5-9-16(10-11,19(2)3)15(20)14-12(17)7-4-8-13(14)18/h4,7-8,11,15,20H,5-6,9-10H2,1-3H3. The number of likely N-dealkylation sites (N-methyl/N-ethyl adjacent to an activating group) is 1. The third kappa shape index (κ3) is 2.59.